The van der Waals surface area contributed by atoms with Crippen LogP contribution in [0.3, 0.4) is 0 Å². The summed E-state index contributed by atoms with van der Waals surface area (Å²) in [5.74, 6) is 0.819. The van der Waals surface area contributed by atoms with Gasteiger partial charge in [0.05, 0.1) is 23.8 Å². The molecule has 0 radical (unpaired) electrons. The summed E-state index contributed by atoms with van der Waals surface area (Å²) >= 11 is 0. The Hall–Kier alpha value is -2.54. The molecule has 1 aliphatic heterocycles. The fourth-order valence-electron chi connectivity index (χ4n) is 2.46. The van der Waals surface area contributed by atoms with Crippen LogP contribution in [0.1, 0.15) is 5.56 Å². The smallest absolute Gasteiger partial charge is 0.270 e. The van der Waals surface area contributed by atoms with Gasteiger partial charge in [0.2, 0.25) is 0 Å². The Balaban J connectivity index is 1.98. The largest absolute Gasteiger partial charge is 0.378 e. The van der Waals surface area contributed by atoms with Gasteiger partial charge in [-0.3, -0.25) is 10.1 Å². The minimum Gasteiger partial charge on any atom is -0.378 e. The predicted octanol–water partition coefficient (Wildman–Crippen LogP) is 2.20. The lowest BCUT2D eigenvalue weighted by molar-refractivity contribution is -0.384. The fourth-order valence-corrected chi connectivity index (χ4v) is 2.46. The Bertz CT molecular complexity index is 699. The molecule has 1 aliphatic rings. The summed E-state index contributed by atoms with van der Waals surface area (Å²) in [5.41, 5.74) is 2.45. The van der Waals surface area contributed by atoms with Gasteiger partial charge in [-0.25, -0.2) is 9.97 Å². The SMILES string of the molecule is Cc1ccc([N+](=O)[O-])cc1-c1cc(N2CCOCC2)ncn1. The molecule has 0 aliphatic carbocycles. The van der Waals surface area contributed by atoms with Crippen molar-refractivity contribution in [1.29, 1.82) is 0 Å². The van der Waals surface area contributed by atoms with E-state index >= 15 is 0 Å². The Morgan fingerprint density at radius 2 is 2.00 bits per heavy atom. The molecule has 0 amide bonds. The van der Waals surface area contributed by atoms with Gasteiger partial charge in [-0.15, -0.1) is 0 Å². The number of benzene rings is 1. The van der Waals surface area contributed by atoms with Crippen molar-refractivity contribution >= 4 is 11.5 Å². The topological polar surface area (TPSA) is 81.4 Å². The lowest BCUT2D eigenvalue weighted by atomic mass is 10.0. The first-order valence-electron chi connectivity index (χ1n) is 7.05. The Morgan fingerprint density at radius 1 is 1.23 bits per heavy atom. The second kappa shape index (κ2) is 6.07. The quantitative estimate of drug-likeness (QED) is 0.638. The molecule has 1 aromatic heterocycles. The standard InChI is InChI=1S/C15H16N4O3/c1-11-2-3-12(19(20)21)8-13(11)14-9-15(17-10-16-14)18-4-6-22-7-5-18/h2-3,8-10H,4-7H2,1H3. The lowest BCUT2D eigenvalue weighted by Crippen LogP contribution is -2.36. The number of aryl methyl sites for hydroxylation is 1. The van der Waals surface area contributed by atoms with Gasteiger partial charge in [-0.05, 0) is 12.5 Å². The van der Waals surface area contributed by atoms with Crippen LogP contribution in [0.5, 0.6) is 0 Å². The summed E-state index contributed by atoms with van der Waals surface area (Å²) in [6.07, 6.45) is 1.50. The minimum absolute atomic E-state index is 0.0622. The van der Waals surface area contributed by atoms with Crippen molar-refractivity contribution in [2.75, 3.05) is 31.2 Å². The second-order valence-electron chi connectivity index (χ2n) is 5.12. The van der Waals surface area contributed by atoms with Crippen molar-refractivity contribution in [2.45, 2.75) is 6.92 Å². The van der Waals surface area contributed by atoms with Crippen LogP contribution in [-0.2, 0) is 4.74 Å². The molecule has 1 aromatic carbocycles. The first-order valence-corrected chi connectivity index (χ1v) is 7.05. The molecule has 1 saturated heterocycles. The summed E-state index contributed by atoms with van der Waals surface area (Å²) in [5, 5.41) is 11.0. The number of nitro groups is 1. The molecule has 7 heteroatoms. The van der Waals surface area contributed by atoms with Crippen LogP contribution in [-0.4, -0.2) is 41.2 Å². The van der Waals surface area contributed by atoms with Gasteiger partial charge < -0.3 is 9.64 Å². The van der Waals surface area contributed by atoms with Gasteiger partial charge in [-0.1, -0.05) is 6.07 Å². The van der Waals surface area contributed by atoms with Crippen LogP contribution < -0.4 is 4.90 Å². The highest BCUT2D eigenvalue weighted by Gasteiger charge is 2.15. The van der Waals surface area contributed by atoms with E-state index in [0.717, 1.165) is 30.0 Å². The maximum absolute atomic E-state index is 11.0. The third-order valence-corrected chi connectivity index (χ3v) is 3.70. The highest BCUT2D eigenvalue weighted by molar-refractivity contribution is 5.68. The number of nitro benzene ring substituents is 1. The van der Waals surface area contributed by atoms with Crippen molar-refractivity contribution in [1.82, 2.24) is 9.97 Å². The summed E-state index contributed by atoms with van der Waals surface area (Å²) < 4.78 is 5.34. The zero-order valence-corrected chi connectivity index (χ0v) is 12.2. The molecule has 3 rings (SSSR count). The fraction of sp³-hybridized carbons (Fsp3) is 0.333. The minimum atomic E-state index is -0.396. The van der Waals surface area contributed by atoms with Gasteiger partial charge in [0, 0.05) is 36.9 Å². The molecular weight excluding hydrogens is 284 g/mol. The highest BCUT2D eigenvalue weighted by atomic mass is 16.6. The first-order chi connectivity index (χ1) is 10.6. The number of nitrogens with zero attached hydrogens (tertiary/aromatic N) is 4. The van der Waals surface area contributed by atoms with Crippen molar-refractivity contribution in [3.05, 3.63) is 46.3 Å². The maximum Gasteiger partial charge on any atom is 0.270 e. The van der Waals surface area contributed by atoms with Gasteiger partial charge >= 0.3 is 0 Å². The Kier molecular flexibility index (Phi) is 3.97. The average Bonchev–Trinajstić information content (AvgIpc) is 2.56. The molecule has 7 nitrogen and oxygen atoms in total. The number of ether oxygens (including phenoxy) is 1. The van der Waals surface area contributed by atoms with E-state index in [1.807, 2.05) is 13.0 Å². The van der Waals surface area contributed by atoms with E-state index in [4.69, 9.17) is 4.74 Å². The van der Waals surface area contributed by atoms with Gasteiger partial charge in [0.15, 0.2) is 0 Å². The van der Waals surface area contributed by atoms with Crippen molar-refractivity contribution in [2.24, 2.45) is 0 Å². The van der Waals surface area contributed by atoms with Crippen LogP contribution >= 0.6 is 0 Å². The first kappa shape index (κ1) is 14.4. The molecule has 0 N–H and O–H groups in total. The van der Waals surface area contributed by atoms with Crippen LogP contribution in [0.2, 0.25) is 0 Å². The normalized spacial score (nSPS) is 14.9. The molecule has 2 aromatic rings. The van der Waals surface area contributed by atoms with Crippen LogP contribution in [0.15, 0.2) is 30.6 Å². The molecule has 22 heavy (non-hydrogen) atoms. The second-order valence-corrected chi connectivity index (χ2v) is 5.12. The number of anilines is 1. The highest BCUT2D eigenvalue weighted by Crippen LogP contribution is 2.27. The number of morpholine rings is 1. The molecule has 0 saturated carbocycles. The zero-order valence-electron chi connectivity index (χ0n) is 12.2. The summed E-state index contributed by atoms with van der Waals surface area (Å²) in [4.78, 5) is 21.3. The van der Waals surface area contributed by atoms with E-state index in [2.05, 4.69) is 14.9 Å². The molecule has 0 unspecified atom stereocenters. The average molecular weight is 300 g/mol. The molecular formula is C15H16N4O3. The number of non-ortho nitro benzene ring substituents is 1. The van der Waals surface area contributed by atoms with E-state index in [9.17, 15) is 10.1 Å². The van der Waals surface area contributed by atoms with Crippen LogP contribution in [0, 0.1) is 17.0 Å². The number of hydrogen-bond donors (Lipinski definition) is 0. The third-order valence-electron chi connectivity index (χ3n) is 3.70. The van der Waals surface area contributed by atoms with Crippen molar-refractivity contribution < 1.29 is 9.66 Å². The lowest BCUT2D eigenvalue weighted by Gasteiger charge is -2.27. The van der Waals surface area contributed by atoms with Crippen LogP contribution in [0.4, 0.5) is 11.5 Å². The zero-order chi connectivity index (χ0) is 15.5. The van der Waals surface area contributed by atoms with E-state index in [1.54, 1.807) is 12.1 Å². The maximum atomic E-state index is 11.0. The molecule has 114 valence electrons. The predicted molar refractivity (Wildman–Crippen MR) is 81.9 cm³/mol. The molecule has 0 spiro atoms. The van der Waals surface area contributed by atoms with E-state index in [0.29, 0.717) is 18.9 Å². The van der Waals surface area contributed by atoms with E-state index in [-0.39, 0.29) is 5.69 Å². The van der Waals surface area contributed by atoms with Gasteiger partial charge in [0.1, 0.15) is 12.1 Å². The molecule has 0 atom stereocenters. The monoisotopic (exact) mass is 300 g/mol. The molecule has 1 fully saturated rings. The third kappa shape index (κ3) is 2.89. The number of rotatable bonds is 3. The summed E-state index contributed by atoms with van der Waals surface area (Å²) in [7, 11) is 0. The number of aromatic nitrogens is 2. The molecule has 2 heterocycles. The number of hydrogen-bond acceptors (Lipinski definition) is 6. The Morgan fingerprint density at radius 3 is 2.73 bits per heavy atom. The molecule has 0 bridgehead atoms. The van der Waals surface area contributed by atoms with E-state index < -0.39 is 4.92 Å². The van der Waals surface area contributed by atoms with Gasteiger partial charge in [0.25, 0.3) is 5.69 Å². The summed E-state index contributed by atoms with van der Waals surface area (Å²) in [6.45, 7) is 4.83. The van der Waals surface area contributed by atoms with Crippen LogP contribution in [0.25, 0.3) is 11.3 Å². The van der Waals surface area contributed by atoms with Crippen molar-refractivity contribution in [3.63, 3.8) is 0 Å². The van der Waals surface area contributed by atoms with Gasteiger partial charge in [-0.2, -0.15) is 0 Å². The summed E-state index contributed by atoms with van der Waals surface area (Å²) in [6, 6.07) is 6.67. The van der Waals surface area contributed by atoms with E-state index in [1.165, 1.54) is 12.4 Å². The van der Waals surface area contributed by atoms with Crippen molar-refractivity contribution in [3.8, 4) is 11.3 Å². The Labute approximate surface area is 127 Å².